The molecule has 9 atom stereocenters. The molecule has 5 saturated carbocycles. The second-order valence-corrected chi connectivity index (χ2v) is 14.9. The van der Waals surface area contributed by atoms with E-state index in [0.29, 0.717) is 22.5 Å². The molecule has 0 aromatic carbocycles. The van der Waals surface area contributed by atoms with Crippen molar-refractivity contribution in [1.29, 1.82) is 0 Å². The molecule has 35 heavy (non-hydrogen) atoms. The number of ketones is 1. The summed E-state index contributed by atoms with van der Waals surface area (Å²) in [5.74, 6) is 5.76. The molecule has 0 aromatic heterocycles. The molecule has 1 spiro atoms. The highest BCUT2D eigenvalue weighted by Crippen LogP contribution is 2.75. The van der Waals surface area contributed by atoms with Gasteiger partial charge < -0.3 is 4.74 Å². The van der Waals surface area contributed by atoms with E-state index in [1.54, 1.807) is 6.92 Å². The lowest BCUT2D eigenvalue weighted by Gasteiger charge is -2.69. The molecule has 5 aliphatic rings. The molecule has 0 aromatic rings. The fourth-order valence-corrected chi connectivity index (χ4v) is 11.0. The molecule has 0 radical (unpaired) electrons. The Morgan fingerprint density at radius 3 is 2.31 bits per heavy atom. The predicted molar refractivity (Wildman–Crippen MR) is 141 cm³/mol. The van der Waals surface area contributed by atoms with Crippen molar-refractivity contribution >= 4 is 11.8 Å². The molecule has 3 nitrogen and oxygen atoms in total. The van der Waals surface area contributed by atoms with Gasteiger partial charge in [-0.3, -0.25) is 9.59 Å². The van der Waals surface area contributed by atoms with Crippen molar-refractivity contribution in [3.05, 3.63) is 0 Å². The van der Waals surface area contributed by atoms with E-state index in [9.17, 15) is 9.59 Å². The molecular weight excluding hydrogens is 432 g/mol. The van der Waals surface area contributed by atoms with Gasteiger partial charge in [-0.15, -0.1) is 0 Å². The van der Waals surface area contributed by atoms with Crippen molar-refractivity contribution in [2.75, 3.05) is 0 Å². The Labute approximate surface area is 214 Å². The predicted octanol–water partition coefficient (Wildman–Crippen LogP) is 8.00. The van der Waals surface area contributed by atoms with Crippen LogP contribution >= 0.6 is 0 Å². The van der Waals surface area contributed by atoms with Gasteiger partial charge in [0.25, 0.3) is 0 Å². The highest BCUT2D eigenvalue weighted by atomic mass is 16.5. The molecule has 0 amide bonds. The van der Waals surface area contributed by atoms with Crippen LogP contribution in [-0.4, -0.2) is 17.9 Å². The third-order valence-electron chi connectivity index (χ3n) is 12.6. The molecule has 5 aliphatic carbocycles. The number of carbonyl (C=O) groups is 2. The Morgan fingerprint density at radius 2 is 1.66 bits per heavy atom. The summed E-state index contributed by atoms with van der Waals surface area (Å²) in [5, 5.41) is 0. The Bertz CT molecular complexity index is 823. The van der Waals surface area contributed by atoms with Gasteiger partial charge in [-0.2, -0.15) is 0 Å². The maximum Gasteiger partial charge on any atom is 0.302 e. The summed E-state index contributed by atoms with van der Waals surface area (Å²) in [6.45, 7) is 14.1. The summed E-state index contributed by atoms with van der Waals surface area (Å²) < 4.78 is 5.73. The second-order valence-electron chi connectivity index (χ2n) is 14.9. The standard InChI is InChI=1S/C32H52O3/c1-20(2)8-7-9-21(3)26-10-11-27-29-28(13-15-31(26,27)6)30(5)14-12-25(35-22(4)33)16-23(30)17-32(29)18-24(34)19-32/h20-21,23,25-29H,7-19H2,1-6H3/t21-,23-,25+,26-,27+,28+,29+,30+,31-/m1/s1. The van der Waals surface area contributed by atoms with E-state index < -0.39 is 0 Å². The molecule has 0 unspecified atom stereocenters. The van der Waals surface area contributed by atoms with Gasteiger partial charge in [0.1, 0.15) is 11.9 Å². The van der Waals surface area contributed by atoms with Gasteiger partial charge in [0.2, 0.25) is 0 Å². The molecule has 0 bridgehead atoms. The fraction of sp³-hybridized carbons (Fsp3) is 0.938. The normalized spacial score (nSPS) is 44.8. The van der Waals surface area contributed by atoms with Crippen molar-refractivity contribution in [1.82, 2.24) is 0 Å². The SMILES string of the molecule is CC(=O)O[C@H]1CC[C@@]2(C)[C@H](C1)CC1(CC(=O)C1)[C@@H]1[C@@H]2CC[C@]2(C)[C@@H]([C@H](C)CCCC(C)C)CC[C@@H]12. The molecular formula is C32H52O3. The van der Waals surface area contributed by atoms with Gasteiger partial charge >= 0.3 is 5.97 Å². The monoisotopic (exact) mass is 484 g/mol. The van der Waals surface area contributed by atoms with Gasteiger partial charge in [-0.25, -0.2) is 0 Å². The van der Waals surface area contributed by atoms with Crippen molar-refractivity contribution in [3.8, 4) is 0 Å². The van der Waals surface area contributed by atoms with Crippen LogP contribution < -0.4 is 0 Å². The third-order valence-corrected chi connectivity index (χ3v) is 12.6. The van der Waals surface area contributed by atoms with Crippen molar-refractivity contribution < 1.29 is 14.3 Å². The van der Waals surface area contributed by atoms with Crippen molar-refractivity contribution in [2.45, 2.75) is 131 Å². The molecule has 198 valence electrons. The summed E-state index contributed by atoms with van der Waals surface area (Å²) in [6, 6.07) is 0. The zero-order chi connectivity index (χ0) is 25.2. The van der Waals surface area contributed by atoms with Crippen LogP contribution in [0.2, 0.25) is 0 Å². The van der Waals surface area contributed by atoms with Gasteiger partial charge in [0.05, 0.1) is 0 Å². The smallest absolute Gasteiger partial charge is 0.302 e. The Kier molecular flexibility index (Phi) is 6.74. The lowest BCUT2D eigenvalue weighted by atomic mass is 9.35. The van der Waals surface area contributed by atoms with Crippen LogP contribution in [0.5, 0.6) is 0 Å². The van der Waals surface area contributed by atoms with E-state index in [2.05, 4.69) is 34.6 Å². The highest BCUT2D eigenvalue weighted by molar-refractivity contribution is 5.86. The first-order valence-electron chi connectivity index (χ1n) is 15.2. The summed E-state index contributed by atoms with van der Waals surface area (Å²) in [6.07, 6.45) is 15.9. The van der Waals surface area contributed by atoms with Crippen LogP contribution in [-0.2, 0) is 14.3 Å². The molecule has 0 aliphatic heterocycles. The first kappa shape index (κ1) is 25.8. The van der Waals surface area contributed by atoms with Crippen LogP contribution in [0, 0.1) is 57.7 Å². The number of rotatable bonds is 6. The van der Waals surface area contributed by atoms with Crippen LogP contribution in [0.3, 0.4) is 0 Å². The summed E-state index contributed by atoms with van der Waals surface area (Å²) in [5.41, 5.74) is 1.06. The van der Waals surface area contributed by atoms with Crippen LogP contribution in [0.15, 0.2) is 0 Å². The zero-order valence-electron chi connectivity index (χ0n) is 23.5. The van der Waals surface area contributed by atoms with Gasteiger partial charge in [-0.05, 0) is 109 Å². The third kappa shape index (κ3) is 4.23. The topological polar surface area (TPSA) is 43.4 Å². The maximum absolute atomic E-state index is 12.5. The number of hydrogen-bond acceptors (Lipinski definition) is 3. The minimum atomic E-state index is -0.131. The lowest BCUT2D eigenvalue weighted by Crippen LogP contribution is -2.64. The van der Waals surface area contributed by atoms with E-state index in [1.165, 1.54) is 57.8 Å². The van der Waals surface area contributed by atoms with Gasteiger partial charge in [-0.1, -0.05) is 53.9 Å². The van der Waals surface area contributed by atoms with Crippen LogP contribution in [0.1, 0.15) is 125 Å². The Hall–Kier alpha value is -0.860. The maximum atomic E-state index is 12.5. The number of fused-ring (bicyclic) bond motifs is 6. The number of carbonyl (C=O) groups excluding carboxylic acids is 2. The van der Waals surface area contributed by atoms with E-state index in [4.69, 9.17) is 4.74 Å². The van der Waals surface area contributed by atoms with E-state index >= 15 is 0 Å². The molecule has 0 heterocycles. The second kappa shape index (κ2) is 9.16. The molecule has 3 heteroatoms. The first-order valence-corrected chi connectivity index (χ1v) is 15.2. The quantitative estimate of drug-likeness (QED) is 0.359. The molecule has 0 saturated heterocycles. The highest BCUT2D eigenvalue weighted by Gasteiger charge is 2.69. The summed E-state index contributed by atoms with van der Waals surface area (Å²) in [4.78, 5) is 24.2. The summed E-state index contributed by atoms with van der Waals surface area (Å²) >= 11 is 0. The van der Waals surface area contributed by atoms with Crippen LogP contribution in [0.25, 0.3) is 0 Å². The first-order chi connectivity index (χ1) is 16.5. The lowest BCUT2D eigenvalue weighted by molar-refractivity contribution is -0.210. The average molecular weight is 485 g/mol. The number of Topliss-reactive ketones (excluding diaryl/α,β-unsaturated/α-hetero) is 1. The fourth-order valence-electron chi connectivity index (χ4n) is 11.0. The molecule has 5 rings (SSSR count). The van der Waals surface area contributed by atoms with Gasteiger partial charge in [0, 0.05) is 19.8 Å². The van der Waals surface area contributed by atoms with E-state index in [-0.39, 0.29) is 17.5 Å². The van der Waals surface area contributed by atoms with E-state index in [0.717, 1.165) is 61.2 Å². The largest absolute Gasteiger partial charge is 0.463 e. The number of hydrogen-bond donors (Lipinski definition) is 0. The zero-order valence-corrected chi connectivity index (χ0v) is 23.5. The summed E-state index contributed by atoms with van der Waals surface area (Å²) in [7, 11) is 0. The Balaban J connectivity index is 1.39. The molecule has 5 fully saturated rings. The average Bonchev–Trinajstić information content (AvgIpc) is 3.10. The molecule has 0 N–H and O–H groups in total. The Morgan fingerprint density at radius 1 is 0.971 bits per heavy atom. The number of esters is 1. The van der Waals surface area contributed by atoms with Gasteiger partial charge in [0.15, 0.2) is 0 Å². The minimum absolute atomic E-state index is 0.0892. The van der Waals surface area contributed by atoms with Crippen LogP contribution in [0.4, 0.5) is 0 Å². The van der Waals surface area contributed by atoms with Crippen molar-refractivity contribution in [2.24, 2.45) is 57.7 Å². The number of ether oxygens (including phenoxy) is 1. The van der Waals surface area contributed by atoms with E-state index in [1.807, 2.05) is 0 Å². The minimum Gasteiger partial charge on any atom is -0.463 e. The van der Waals surface area contributed by atoms with Crippen molar-refractivity contribution in [3.63, 3.8) is 0 Å².